The van der Waals surface area contributed by atoms with Crippen molar-refractivity contribution in [3.63, 3.8) is 0 Å². The summed E-state index contributed by atoms with van der Waals surface area (Å²) in [4.78, 5) is 11.7. The quantitative estimate of drug-likeness (QED) is 0.803. The maximum atomic E-state index is 11.7. The Bertz CT molecular complexity index is 342. The van der Waals surface area contributed by atoms with E-state index in [0.717, 1.165) is 24.9 Å². The van der Waals surface area contributed by atoms with Gasteiger partial charge < -0.3 is 10.6 Å². The van der Waals surface area contributed by atoms with Crippen LogP contribution in [0.15, 0.2) is 24.3 Å². The third-order valence-corrected chi connectivity index (χ3v) is 2.94. The van der Waals surface area contributed by atoms with E-state index in [0.29, 0.717) is 0 Å². The topological polar surface area (TPSA) is 41.1 Å². The lowest BCUT2D eigenvalue weighted by Gasteiger charge is -2.15. The maximum absolute atomic E-state index is 11.7. The van der Waals surface area contributed by atoms with Crippen LogP contribution in [0.2, 0.25) is 0 Å². The number of urea groups is 1. The van der Waals surface area contributed by atoms with Gasteiger partial charge in [-0.2, -0.15) is 0 Å². The fraction of sp³-hybridized carbons (Fsp3) is 0.500. The molecule has 17 heavy (non-hydrogen) atoms. The number of nitrogens with one attached hydrogen (secondary N) is 2. The van der Waals surface area contributed by atoms with E-state index in [2.05, 4.69) is 31.4 Å². The largest absolute Gasteiger partial charge is 0.335 e. The van der Waals surface area contributed by atoms with Gasteiger partial charge in [0.15, 0.2) is 0 Å². The molecule has 0 bridgehead atoms. The van der Waals surface area contributed by atoms with Gasteiger partial charge in [-0.1, -0.05) is 32.9 Å². The van der Waals surface area contributed by atoms with Crippen molar-refractivity contribution in [1.82, 2.24) is 5.32 Å². The number of anilines is 1. The maximum Gasteiger partial charge on any atom is 0.319 e. The average Bonchev–Trinajstić information content (AvgIpc) is 2.37. The first-order chi connectivity index (χ1) is 8.19. The van der Waals surface area contributed by atoms with Gasteiger partial charge in [0, 0.05) is 11.7 Å². The zero-order valence-electron chi connectivity index (χ0n) is 10.9. The normalized spacial score (nSPS) is 10.4. The molecule has 0 aromatic heterocycles. The van der Waals surface area contributed by atoms with Gasteiger partial charge in [0.2, 0.25) is 0 Å². The van der Waals surface area contributed by atoms with Gasteiger partial charge in [0.05, 0.1) is 0 Å². The Morgan fingerprint density at radius 3 is 2.18 bits per heavy atom. The summed E-state index contributed by atoms with van der Waals surface area (Å²) in [5, 5.41) is 5.79. The van der Waals surface area contributed by atoms with Gasteiger partial charge in [0.1, 0.15) is 0 Å². The van der Waals surface area contributed by atoms with Crippen LogP contribution in [0.4, 0.5) is 10.5 Å². The molecule has 0 saturated carbocycles. The van der Waals surface area contributed by atoms with E-state index in [1.165, 1.54) is 5.56 Å². The van der Waals surface area contributed by atoms with E-state index >= 15 is 0 Å². The Morgan fingerprint density at radius 1 is 1.12 bits per heavy atom. The minimum atomic E-state index is -0.122. The van der Waals surface area contributed by atoms with Crippen molar-refractivity contribution in [3.05, 3.63) is 29.8 Å². The summed E-state index contributed by atoms with van der Waals surface area (Å²) < 4.78 is 0. The van der Waals surface area contributed by atoms with Gasteiger partial charge in [-0.15, -0.1) is 0 Å². The molecule has 0 saturated heterocycles. The summed E-state index contributed by atoms with van der Waals surface area (Å²) in [6.45, 7) is 6.26. The number of hydrogen-bond acceptors (Lipinski definition) is 1. The minimum Gasteiger partial charge on any atom is -0.335 e. The van der Waals surface area contributed by atoms with Crippen LogP contribution in [0.1, 0.15) is 39.2 Å². The van der Waals surface area contributed by atoms with Crippen LogP contribution >= 0.6 is 0 Å². The van der Waals surface area contributed by atoms with Crippen LogP contribution < -0.4 is 10.6 Å². The summed E-state index contributed by atoms with van der Waals surface area (Å²) in [5.74, 6) is 0. The van der Waals surface area contributed by atoms with E-state index in [9.17, 15) is 4.79 Å². The number of benzene rings is 1. The predicted molar refractivity (Wildman–Crippen MR) is 72.3 cm³/mol. The second kappa shape index (κ2) is 6.94. The zero-order chi connectivity index (χ0) is 12.7. The molecule has 0 atom stereocenters. The lowest BCUT2D eigenvalue weighted by Crippen LogP contribution is -2.37. The SMILES string of the molecule is CCc1ccc(NC(=O)NC(CC)CC)cc1. The Morgan fingerprint density at radius 2 is 1.71 bits per heavy atom. The average molecular weight is 234 g/mol. The van der Waals surface area contributed by atoms with Crippen molar-refractivity contribution in [3.8, 4) is 0 Å². The summed E-state index contributed by atoms with van der Waals surface area (Å²) in [7, 11) is 0. The Hall–Kier alpha value is -1.51. The second-order valence-corrected chi connectivity index (χ2v) is 4.16. The van der Waals surface area contributed by atoms with Crippen LogP contribution in [-0.2, 0) is 6.42 Å². The van der Waals surface area contributed by atoms with E-state index < -0.39 is 0 Å². The summed E-state index contributed by atoms with van der Waals surface area (Å²) in [5.41, 5.74) is 2.11. The smallest absolute Gasteiger partial charge is 0.319 e. The van der Waals surface area contributed by atoms with Crippen molar-refractivity contribution in [2.45, 2.75) is 46.1 Å². The Labute approximate surface area is 104 Å². The third-order valence-electron chi connectivity index (χ3n) is 2.94. The number of carbonyl (C=O) groups excluding carboxylic acids is 1. The molecule has 0 spiro atoms. The molecule has 0 unspecified atom stereocenters. The van der Waals surface area contributed by atoms with E-state index in [-0.39, 0.29) is 12.1 Å². The number of hydrogen-bond donors (Lipinski definition) is 2. The Balaban J connectivity index is 2.49. The van der Waals surface area contributed by atoms with Crippen LogP contribution in [-0.4, -0.2) is 12.1 Å². The van der Waals surface area contributed by atoms with Crippen molar-refractivity contribution < 1.29 is 4.79 Å². The molecule has 0 radical (unpaired) electrons. The molecule has 1 aromatic rings. The van der Waals surface area contributed by atoms with Gasteiger partial charge >= 0.3 is 6.03 Å². The van der Waals surface area contributed by atoms with Crippen LogP contribution in [0, 0.1) is 0 Å². The first kappa shape index (κ1) is 13.6. The molecule has 0 aliphatic rings. The highest BCUT2D eigenvalue weighted by Gasteiger charge is 2.07. The molecule has 3 heteroatoms. The zero-order valence-corrected chi connectivity index (χ0v) is 10.9. The first-order valence-electron chi connectivity index (χ1n) is 6.36. The first-order valence-corrected chi connectivity index (χ1v) is 6.36. The van der Waals surface area contributed by atoms with Crippen molar-refractivity contribution >= 4 is 11.7 Å². The van der Waals surface area contributed by atoms with E-state index in [1.54, 1.807) is 0 Å². The summed E-state index contributed by atoms with van der Waals surface area (Å²) in [6.07, 6.45) is 2.93. The molecule has 94 valence electrons. The molecule has 0 aliphatic carbocycles. The fourth-order valence-corrected chi connectivity index (χ4v) is 1.67. The highest BCUT2D eigenvalue weighted by Crippen LogP contribution is 2.10. The van der Waals surface area contributed by atoms with Crippen molar-refractivity contribution in [1.29, 1.82) is 0 Å². The molecular weight excluding hydrogens is 212 g/mol. The number of rotatable bonds is 5. The summed E-state index contributed by atoms with van der Waals surface area (Å²) in [6, 6.07) is 8.07. The summed E-state index contributed by atoms with van der Waals surface area (Å²) >= 11 is 0. The van der Waals surface area contributed by atoms with Gasteiger partial charge in [-0.25, -0.2) is 4.79 Å². The van der Waals surface area contributed by atoms with Crippen LogP contribution in [0.3, 0.4) is 0 Å². The molecule has 2 N–H and O–H groups in total. The highest BCUT2D eigenvalue weighted by atomic mass is 16.2. The van der Waals surface area contributed by atoms with E-state index in [1.807, 2.05) is 24.3 Å². The van der Waals surface area contributed by atoms with Crippen LogP contribution in [0.25, 0.3) is 0 Å². The monoisotopic (exact) mass is 234 g/mol. The number of amides is 2. The molecular formula is C14H22N2O. The van der Waals surface area contributed by atoms with Gasteiger partial charge in [-0.05, 0) is 37.0 Å². The Kier molecular flexibility index (Phi) is 5.53. The lowest BCUT2D eigenvalue weighted by molar-refractivity contribution is 0.247. The minimum absolute atomic E-state index is 0.122. The molecule has 1 aromatic carbocycles. The fourth-order valence-electron chi connectivity index (χ4n) is 1.67. The van der Waals surface area contributed by atoms with Gasteiger partial charge in [-0.3, -0.25) is 0 Å². The van der Waals surface area contributed by atoms with Gasteiger partial charge in [0.25, 0.3) is 0 Å². The third kappa shape index (κ3) is 4.47. The molecule has 0 heterocycles. The van der Waals surface area contributed by atoms with Crippen molar-refractivity contribution in [2.75, 3.05) is 5.32 Å². The second-order valence-electron chi connectivity index (χ2n) is 4.16. The predicted octanol–water partition coefficient (Wildman–Crippen LogP) is 3.56. The molecule has 2 amide bonds. The van der Waals surface area contributed by atoms with Crippen molar-refractivity contribution in [2.24, 2.45) is 0 Å². The van der Waals surface area contributed by atoms with Crippen LogP contribution in [0.5, 0.6) is 0 Å². The lowest BCUT2D eigenvalue weighted by atomic mass is 10.1. The molecule has 3 nitrogen and oxygen atoms in total. The standard InChI is InChI=1S/C14H22N2O/c1-4-11-7-9-13(10-8-11)16-14(17)15-12(5-2)6-3/h7-10,12H,4-6H2,1-3H3,(H2,15,16,17). The number of carbonyl (C=O) groups is 1. The molecule has 1 rings (SSSR count). The number of aryl methyl sites for hydroxylation is 1. The highest BCUT2D eigenvalue weighted by molar-refractivity contribution is 5.89. The molecule has 0 fully saturated rings. The molecule has 0 aliphatic heterocycles. The van der Waals surface area contributed by atoms with E-state index in [4.69, 9.17) is 0 Å².